The lowest BCUT2D eigenvalue weighted by Crippen LogP contribution is -2.39. The minimum Gasteiger partial charge on any atom is -0.353 e. The van der Waals surface area contributed by atoms with E-state index in [-0.39, 0.29) is 11.9 Å². The van der Waals surface area contributed by atoms with E-state index in [9.17, 15) is 4.79 Å². The molecule has 2 heterocycles. The Morgan fingerprint density at radius 2 is 2.12 bits per heavy atom. The SMILES string of the molecule is Cn1ccnc1SC1CCC(NC(=O)Cc2[nH]nc3ccccc23)CC1. The van der Waals surface area contributed by atoms with Crippen LogP contribution in [0.15, 0.2) is 41.8 Å². The number of rotatable bonds is 5. The number of nitrogens with one attached hydrogen (secondary N) is 2. The van der Waals surface area contributed by atoms with Crippen molar-refractivity contribution in [3.63, 3.8) is 0 Å². The highest BCUT2D eigenvalue weighted by molar-refractivity contribution is 7.99. The fourth-order valence-electron chi connectivity index (χ4n) is 3.53. The van der Waals surface area contributed by atoms with Gasteiger partial charge in [-0.1, -0.05) is 30.0 Å². The summed E-state index contributed by atoms with van der Waals surface area (Å²) in [5, 5.41) is 13.1. The van der Waals surface area contributed by atoms with Crippen molar-refractivity contribution in [2.45, 2.75) is 48.6 Å². The van der Waals surface area contributed by atoms with Crippen LogP contribution in [0.3, 0.4) is 0 Å². The number of carbonyl (C=O) groups excluding carboxylic acids is 1. The minimum atomic E-state index is 0.0691. The number of H-pyrrole nitrogens is 1. The predicted octanol–water partition coefficient (Wildman–Crippen LogP) is 3.06. The number of hydrogen-bond donors (Lipinski definition) is 2. The molecule has 0 radical (unpaired) electrons. The zero-order valence-electron chi connectivity index (χ0n) is 14.8. The van der Waals surface area contributed by atoms with Crippen LogP contribution in [0, 0.1) is 0 Å². The predicted molar refractivity (Wildman–Crippen MR) is 103 cm³/mol. The Labute approximate surface area is 156 Å². The molecule has 1 aromatic carbocycles. The molecule has 6 nitrogen and oxygen atoms in total. The van der Waals surface area contributed by atoms with Gasteiger partial charge in [0, 0.05) is 36.1 Å². The molecule has 0 bridgehead atoms. The zero-order chi connectivity index (χ0) is 17.9. The second kappa shape index (κ2) is 7.53. The van der Waals surface area contributed by atoms with E-state index in [0.717, 1.165) is 47.4 Å². The maximum absolute atomic E-state index is 12.4. The number of benzene rings is 1. The van der Waals surface area contributed by atoms with Crippen molar-refractivity contribution in [1.82, 2.24) is 25.1 Å². The molecule has 0 atom stereocenters. The largest absolute Gasteiger partial charge is 0.353 e. The molecule has 0 saturated heterocycles. The van der Waals surface area contributed by atoms with Crippen molar-refractivity contribution in [3.05, 3.63) is 42.4 Å². The van der Waals surface area contributed by atoms with Crippen molar-refractivity contribution in [1.29, 1.82) is 0 Å². The molecule has 0 unspecified atom stereocenters. The summed E-state index contributed by atoms with van der Waals surface area (Å²) in [6.07, 6.45) is 8.43. The summed E-state index contributed by atoms with van der Waals surface area (Å²) >= 11 is 1.85. The van der Waals surface area contributed by atoms with Gasteiger partial charge < -0.3 is 9.88 Å². The number of thioether (sulfide) groups is 1. The van der Waals surface area contributed by atoms with E-state index in [1.54, 1.807) is 0 Å². The molecule has 1 aliphatic rings. The lowest BCUT2D eigenvalue weighted by atomic mass is 9.95. The van der Waals surface area contributed by atoms with Crippen molar-refractivity contribution in [3.8, 4) is 0 Å². The van der Waals surface area contributed by atoms with Crippen LogP contribution < -0.4 is 5.32 Å². The molecule has 1 amide bonds. The van der Waals surface area contributed by atoms with Crippen LogP contribution in [0.2, 0.25) is 0 Å². The summed E-state index contributed by atoms with van der Waals surface area (Å²) in [4.78, 5) is 16.8. The number of aromatic nitrogens is 4. The third-order valence-corrected chi connectivity index (χ3v) is 6.38. The molecule has 2 N–H and O–H groups in total. The second-order valence-electron chi connectivity index (χ2n) is 6.88. The molecule has 3 aromatic rings. The zero-order valence-corrected chi connectivity index (χ0v) is 15.6. The van der Waals surface area contributed by atoms with Gasteiger partial charge in [-0.15, -0.1) is 0 Å². The smallest absolute Gasteiger partial charge is 0.226 e. The highest BCUT2D eigenvalue weighted by Gasteiger charge is 2.24. The number of hydrogen-bond acceptors (Lipinski definition) is 4. The molecule has 26 heavy (non-hydrogen) atoms. The second-order valence-corrected chi connectivity index (χ2v) is 8.14. The Morgan fingerprint density at radius 3 is 2.88 bits per heavy atom. The van der Waals surface area contributed by atoms with Crippen molar-refractivity contribution < 1.29 is 4.79 Å². The van der Waals surface area contributed by atoms with Gasteiger partial charge in [-0.05, 0) is 31.7 Å². The summed E-state index contributed by atoms with van der Waals surface area (Å²) < 4.78 is 2.06. The Kier molecular flexibility index (Phi) is 4.97. The number of aromatic amines is 1. The normalized spacial score (nSPS) is 20.3. The third-order valence-electron chi connectivity index (χ3n) is 4.97. The Balaban J connectivity index is 1.27. The Hall–Kier alpha value is -2.28. The van der Waals surface area contributed by atoms with Crippen LogP contribution in [-0.2, 0) is 18.3 Å². The molecule has 4 rings (SSSR count). The molecule has 7 heteroatoms. The van der Waals surface area contributed by atoms with Crippen molar-refractivity contribution in [2.75, 3.05) is 0 Å². The molecule has 1 fully saturated rings. The van der Waals surface area contributed by atoms with Gasteiger partial charge in [-0.2, -0.15) is 5.10 Å². The van der Waals surface area contributed by atoms with Gasteiger partial charge in [0.15, 0.2) is 5.16 Å². The number of nitrogens with zero attached hydrogens (tertiary/aromatic N) is 3. The first kappa shape index (κ1) is 17.1. The van der Waals surface area contributed by atoms with E-state index in [2.05, 4.69) is 25.1 Å². The Bertz CT molecular complexity index is 894. The maximum atomic E-state index is 12.4. The quantitative estimate of drug-likeness (QED) is 0.725. The summed E-state index contributed by atoms with van der Waals surface area (Å²) in [6, 6.07) is 8.15. The van der Waals surface area contributed by atoms with Crippen LogP contribution >= 0.6 is 11.8 Å². The monoisotopic (exact) mass is 369 g/mol. The third kappa shape index (κ3) is 3.77. The van der Waals surface area contributed by atoms with E-state index in [1.807, 2.05) is 55.5 Å². The van der Waals surface area contributed by atoms with Crippen molar-refractivity contribution in [2.24, 2.45) is 7.05 Å². The first-order chi connectivity index (χ1) is 12.7. The average Bonchev–Trinajstić information content (AvgIpc) is 3.23. The molecule has 0 aliphatic heterocycles. The van der Waals surface area contributed by atoms with Gasteiger partial charge in [0.1, 0.15) is 0 Å². The maximum Gasteiger partial charge on any atom is 0.226 e. The number of imidazole rings is 1. The average molecular weight is 369 g/mol. The van der Waals surface area contributed by atoms with Gasteiger partial charge >= 0.3 is 0 Å². The van der Waals surface area contributed by atoms with E-state index < -0.39 is 0 Å². The summed E-state index contributed by atoms with van der Waals surface area (Å²) in [5.41, 5.74) is 1.79. The van der Waals surface area contributed by atoms with Gasteiger partial charge in [0.05, 0.1) is 17.6 Å². The van der Waals surface area contributed by atoms with E-state index >= 15 is 0 Å². The lowest BCUT2D eigenvalue weighted by Gasteiger charge is -2.28. The number of aryl methyl sites for hydroxylation is 1. The Morgan fingerprint density at radius 1 is 1.31 bits per heavy atom. The highest BCUT2D eigenvalue weighted by Crippen LogP contribution is 2.32. The van der Waals surface area contributed by atoms with Gasteiger partial charge in [0.25, 0.3) is 0 Å². The number of para-hydroxylation sites is 1. The number of fused-ring (bicyclic) bond motifs is 1. The molecular formula is C19H23N5OS. The standard InChI is InChI=1S/C19H23N5OS/c1-24-11-10-20-19(24)26-14-8-6-13(7-9-14)21-18(25)12-17-15-4-2-3-5-16(15)22-23-17/h2-5,10-11,13-14H,6-9,12H2,1H3,(H,21,25)(H,22,23). The number of carbonyl (C=O) groups is 1. The summed E-state index contributed by atoms with van der Waals surface area (Å²) in [6.45, 7) is 0. The van der Waals surface area contributed by atoms with Crippen LogP contribution in [0.1, 0.15) is 31.4 Å². The molecule has 2 aromatic heterocycles. The fourth-order valence-corrected chi connectivity index (χ4v) is 4.68. The van der Waals surface area contributed by atoms with E-state index in [4.69, 9.17) is 0 Å². The van der Waals surface area contributed by atoms with E-state index in [0.29, 0.717) is 11.7 Å². The van der Waals surface area contributed by atoms with Crippen LogP contribution in [-0.4, -0.2) is 36.9 Å². The van der Waals surface area contributed by atoms with Gasteiger partial charge in [-0.3, -0.25) is 9.89 Å². The van der Waals surface area contributed by atoms with E-state index in [1.165, 1.54) is 0 Å². The van der Waals surface area contributed by atoms with Crippen molar-refractivity contribution >= 4 is 28.6 Å². The molecule has 1 saturated carbocycles. The molecule has 0 spiro atoms. The first-order valence-corrected chi connectivity index (χ1v) is 9.92. The van der Waals surface area contributed by atoms with Gasteiger partial charge in [0.2, 0.25) is 5.91 Å². The van der Waals surface area contributed by atoms with Crippen LogP contribution in [0.25, 0.3) is 10.9 Å². The highest BCUT2D eigenvalue weighted by atomic mass is 32.2. The molecule has 1 aliphatic carbocycles. The fraction of sp³-hybridized carbons (Fsp3) is 0.421. The molecular weight excluding hydrogens is 346 g/mol. The minimum absolute atomic E-state index is 0.0691. The summed E-state index contributed by atoms with van der Waals surface area (Å²) in [5.74, 6) is 0.0691. The molecule has 136 valence electrons. The number of amides is 1. The first-order valence-electron chi connectivity index (χ1n) is 9.04. The van der Waals surface area contributed by atoms with Crippen LogP contribution in [0.4, 0.5) is 0 Å². The summed E-state index contributed by atoms with van der Waals surface area (Å²) in [7, 11) is 2.03. The lowest BCUT2D eigenvalue weighted by molar-refractivity contribution is -0.121. The topological polar surface area (TPSA) is 75.6 Å². The van der Waals surface area contributed by atoms with Crippen LogP contribution in [0.5, 0.6) is 0 Å². The van der Waals surface area contributed by atoms with Gasteiger partial charge in [-0.25, -0.2) is 4.98 Å².